The number of thioether (sulfide) groups is 1. The van der Waals surface area contributed by atoms with Crippen molar-refractivity contribution >= 4 is 50.8 Å². The Kier molecular flexibility index (Phi) is 7.90. The van der Waals surface area contributed by atoms with Crippen LogP contribution >= 0.6 is 23.4 Å². The van der Waals surface area contributed by atoms with E-state index in [0.29, 0.717) is 35.4 Å². The lowest BCUT2D eigenvalue weighted by Crippen LogP contribution is -2.34. The number of hydrogen-bond acceptors (Lipinski definition) is 5. The minimum absolute atomic E-state index is 0.0574. The van der Waals surface area contributed by atoms with Crippen molar-refractivity contribution in [2.75, 3.05) is 17.6 Å². The average Bonchev–Trinajstić information content (AvgIpc) is 2.70. The molecule has 2 N–H and O–H groups in total. The fourth-order valence-corrected chi connectivity index (χ4v) is 5.57. The minimum atomic E-state index is -3.73. The van der Waals surface area contributed by atoms with Crippen LogP contribution in [0.4, 0.5) is 5.69 Å². The van der Waals surface area contributed by atoms with Crippen molar-refractivity contribution in [3.8, 4) is 0 Å². The molecule has 3 rings (SSSR count). The maximum absolute atomic E-state index is 12.5. The lowest BCUT2D eigenvalue weighted by atomic mass is 9.84. The number of halogens is 1. The molecular formula is C23H28ClN3O3S2. The van der Waals surface area contributed by atoms with E-state index < -0.39 is 15.4 Å². The van der Waals surface area contributed by atoms with Crippen LogP contribution in [0.25, 0.3) is 0 Å². The molecule has 1 unspecified atom stereocenters. The van der Waals surface area contributed by atoms with E-state index in [1.165, 1.54) is 6.07 Å². The maximum atomic E-state index is 12.5. The van der Waals surface area contributed by atoms with Crippen molar-refractivity contribution in [1.82, 2.24) is 5.32 Å². The summed E-state index contributed by atoms with van der Waals surface area (Å²) in [5.74, 6) is 1.48. The van der Waals surface area contributed by atoms with Crippen LogP contribution in [-0.2, 0) is 14.8 Å². The van der Waals surface area contributed by atoms with Crippen LogP contribution in [0, 0.1) is 11.3 Å². The second-order valence-corrected chi connectivity index (χ2v) is 11.9. The quantitative estimate of drug-likeness (QED) is 0.468. The predicted molar refractivity (Wildman–Crippen MR) is 132 cm³/mol. The van der Waals surface area contributed by atoms with Crippen LogP contribution in [0.5, 0.6) is 0 Å². The molecule has 2 aromatic carbocycles. The third-order valence-corrected chi connectivity index (χ3v) is 7.92. The largest absolute Gasteiger partial charge is 0.356 e. The molecule has 1 amide bonds. The lowest BCUT2D eigenvalue weighted by Gasteiger charge is -2.27. The number of nitrogens with zero attached hydrogens (tertiary/aromatic N) is 1. The van der Waals surface area contributed by atoms with Gasteiger partial charge in [0.05, 0.1) is 5.69 Å². The van der Waals surface area contributed by atoms with E-state index in [1.807, 2.05) is 38.1 Å². The van der Waals surface area contributed by atoms with Gasteiger partial charge in [0, 0.05) is 35.1 Å². The number of anilines is 1. The van der Waals surface area contributed by atoms with Crippen molar-refractivity contribution in [2.45, 2.75) is 43.4 Å². The highest BCUT2D eigenvalue weighted by Gasteiger charge is 2.30. The molecule has 172 valence electrons. The number of rotatable bonds is 9. The van der Waals surface area contributed by atoms with Gasteiger partial charge in [-0.15, -0.1) is 16.2 Å². The highest BCUT2D eigenvalue weighted by atomic mass is 35.5. The maximum Gasteiger partial charge on any atom is 0.286 e. The average molecular weight is 494 g/mol. The zero-order chi connectivity index (χ0) is 23.4. The molecule has 0 aliphatic carbocycles. The van der Waals surface area contributed by atoms with Crippen LogP contribution in [0.1, 0.15) is 33.6 Å². The van der Waals surface area contributed by atoms with Crippen molar-refractivity contribution < 1.29 is 13.2 Å². The summed E-state index contributed by atoms with van der Waals surface area (Å²) in [6.07, 6.45) is 0.613. The number of benzene rings is 2. The third kappa shape index (κ3) is 6.98. The molecule has 1 aliphatic rings. The van der Waals surface area contributed by atoms with Crippen LogP contribution in [-0.4, -0.2) is 32.5 Å². The Hall–Kier alpha value is -2.03. The van der Waals surface area contributed by atoms with Gasteiger partial charge in [0.15, 0.2) is 0 Å². The van der Waals surface area contributed by atoms with Gasteiger partial charge < -0.3 is 10.6 Å². The van der Waals surface area contributed by atoms with Gasteiger partial charge in [0.2, 0.25) is 5.91 Å². The Bertz CT molecular complexity index is 1100. The van der Waals surface area contributed by atoms with E-state index >= 15 is 0 Å². The summed E-state index contributed by atoms with van der Waals surface area (Å²) >= 11 is 7.64. The third-order valence-electron chi connectivity index (χ3n) is 4.96. The molecule has 1 atom stereocenters. The number of para-hydroxylation sites is 1. The fourth-order valence-electron chi connectivity index (χ4n) is 3.37. The number of carbonyl (C=O) groups is 1. The molecule has 1 aliphatic heterocycles. The van der Waals surface area contributed by atoms with Crippen LogP contribution in [0.2, 0.25) is 5.02 Å². The van der Waals surface area contributed by atoms with Gasteiger partial charge >= 0.3 is 0 Å². The van der Waals surface area contributed by atoms with Gasteiger partial charge in [0.1, 0.15) is 10.7 Å². The first kappa shape index (κ1) is 24.6. The molecular weight excluding hydrogens is 466 g/mol. The summed E-state index contributed by atoms with van der Waals surface area (Å²) in [4.78, 5) is 13.8. The van der Waals surface area contributed by atoms with Crippen molar-refractivity contribution in [2.24, 2.45) is 15.7 Å². The van der Waals surface area contributed by atoms with Gasteiger partial charge in [0.25, 0.3) is 10.0 Å². The summed E-state index contributed by atoms with van der Waals surface area (Å²) in [6.45, 7) is 6.54. The van der Waals surface area contributed by atoms with E-state index in [9.17, 15) is 13.2 Å². The standard InChI is InChI=1S/C23H28ClN3O3S2/c1-16(15-31-18-10-8-17(24)9-11-18)14-25-22(28)13-23(2,3)12-21-26-19-6-4-5-7-20(19)32(29,30)27-21/h4-11,16H,12-15H2,1-3H3,(H,25,28)(H,26,27). The highest BCUT2D eigenvalue weighted by molar-refractivity contribution is 7.99. The van der Waals surface area contributed by atoms with Crippen LogP contribution in [0.15, 0.2) is 62.7 Å². The summed E-state index contributed by atoms with van der Waals surface area (Å²) < 4.78 is 28.8. The minimum Gasteiger partial charge on any atom is -0.356 e. The molecule has 9 heteroatoms. The first-order chi connectivity index (χ1) is 15.0. The van der Waals surface area contributed by atoms with Crippen molar-refractivity contribution in [1.29, 1.82) is 0 Å². The van der Waals surface area contributed by atoms with E-state index in [1.54, 1.807) is 30.0 Å². The molecule has 0 bridgehead atoms. The topological polar surface area (TPSA) is 87.6 Å². The number of hydrogen-bond donors (Lipinski definition) is 2. The smallest absolute Gasteiger partial charge is 0.286 e. The fraction of sp³-hybridized carbons (Fsp3) is 0.391. The van der Waals surface area contributed by atoms with Gasteiger partial charge in [-0.3, -0.25) is 4.79 Å². The molecule has 0 aromatic heterocycles. The molecule has 0 spiro atoms. The molecule has 32 heavy (non-hydrogen) atoms. The van der Waals surface area contributed by atoms with Gasteiger partial charge in [-0.05, 0) is 47.7 Å². The van der Waals surface area contributed by atoms with Crippen LogP contribution in [0.3, 0.4) is 0 Å². The molecule has 0 fully saturated rings. The van der Waals surface area contributed by atoms with E-state index in [4.69, 9.17) is 11.6 Å². The SMILES string of the molecule is CC(CNC(=O)CC(C)(C)CC1=NS(=O)(=O)c2ccccc2N1)CSc1ccc(Cl)cc1. The number of carbonyl (C=O) groups excluding carboxylic acids is 1. The molecule has 2 aromatic rings. The van der Waals surface area contributed by atoms with E-state index in [2.05, 4.69) is 22.0 Å². The lowest BCUT2D eigenvalue weighted by molar-refractivity contribution is -0.123. The monoisotopic (exact) mass is 493 g/mol. The Morgan fingerprint density at radius 1 is 1.19 bits per heavy atom. The Balaban J connectivity index is 1.48. The zero-order valence-corrected chi connectivity index (χ0v) is 20.8. The molecule has 1 heterocycles. The van der Waals surface area contributed by atoms with Gasteiger partial charge in [-0.1, -0.05) is 44.5 Å². The number of amides is 1. The summed E-state index contributed by atoms with van der Waals surface area (Å²) in [5.41, 5.74) is 0.0590. The van der Waals surface area contributed by atoms with Crippen LogP contribution < -0.4 is 10.6 Å². The highest BCUT2D eigenvalue weighted by Crippen LogP contribution is 2.32. The van der Waals surface area contributed by atoms with Gasteiger partial charge in [-0.2, -0.15) is 8.42 Å². The normalized spacial score (nSPS) is 15.8. The Morgan fingerprint density at radius 2 is 1.88 bits per heavy atom. The molecule has 0 radical (unpaired) electrons. The first-order valence-corrected chi connectivity index (χ1v) is 13.2. The number of amidine groups is 1. The summed E-state index contributed by atoms with van der Waals surface area (Å²) in [6, 6.07) is 14.4. The summed E-state index contributed by atoms with van der Waals surface area (Å²) in [7, 11) is -3.73. The number of nitrogens with one attached hydrogen (secondary N) is 2. The predicted octanol–water partition coefficient (Wildman–Crippen LogP) is 5.20. The van der Waals surface area contributed by atoms with E-state index in [0.717, 1.165) is 10.6 Å². The number of fused-ring (bicyclic) bond motifs is 1. The molecule has 0 saturated carbocycles. The van der Waals surface area contributed by atoms with Crippen molar-refractivity contribution in [3.63, 3.8) is 0 Å². The van der Waals surface area contributed by atoms with Crippen molar-refractivity contribution in [3.05, 3.63) is 53.6 Å². The summed E-state index contributed by atoms with van der Waals surface area (Å²) in [5, 5.41) is 6.81. The van der Waals surface area contributed by atoms with Gasteiger partial charge in [-0.25, -0.2) is 0 Å². The second kappa shape index (κ2) is 10.3. The zero-order valence-electron chi connectivity index (χ0n) is 18.4. The Morgan fingerprint density at radius 3 is 2.59 bits per heavy atom. The first-order valence-electron chi connectivity index (χ1n) is 10.4. The molecule has 0 saturated heterocycles. The Labute approximate surface area is 199 Å². The van der Waals surface area contributed by atoms with E-state index in [-0.39, 0.29) is 17.2 Å². The number of sulfonamides is 1. The second-order valence-electron chi connectivity index (χ2n) is 8.83. The molecule has 6 nitrogen and oxygen atoms in total.